The van der Waals surface area contributed by atoms with E-state index in [9.17, 15) is 13.9 Å². The molecule has 2 aromatic rings. The molecule has 0 aliphatic carbocycles. The van der Waals surface area contributed by atoms with Crippen molar-refractivity contribution in [2.75, 3.05) is 6.54 Å². The number of halogens is 2. The van der Waals surface area contributed by atoms with Crippen molar-refractivity contribution in [3.8, 4) is 5.75 Å². The van der Waals surface area contributed by atoms with Crippen LogP contribution in [-0.2, 0) is 19.2 Å². The molecule has 1 heterocycles. The fourth-order valence-electron chi connectivity index (χ4n) is 2.04. The van der Waals surface area contributed by atoms with E-state index in [0.29, 0.717) is 13.1 Å². The van der Waals surface area contributed by atoms with Crippen LogP contribution < -0.4 is 10.1 Å². The fourth-order valence-corrected chi connectivity index (χ4v) is 2.04. The number of rotatable bonds is 7. The molecule has 22 heavy (non-hydrogen) atoms. The Morgan fingerprint density at radius 1 is 1.36 bits per heavy atom. The Morgan fingerprint density at radius 3 is 2.59 bits per heavy atom. The summed E-state index contributed by atoms with van der Waals surface area (Å²) in [6, 6.07) is 6.37. The molecule has 0 aliphatic rings. The summed E-state index contributed by atoms with van der Waals surface area (Å²) in [6.07, 6.45) is 3.39. The van der Waals surface area contributed by atoms with Crippen molar-refractivity contribution in [2.45, 2.75) is 25.7 Å². The molecule has 0 radical (unpaired) electrons. The maximum atomic E-state index is 12.0. The molecule has 2 rings (SSSR count). The Hall–Kier alpha value is -1.99. The van der Waals surface area contributed by atoms with Crippen LogP contribution in [0.5, 0.6) is 5.75 Å². The van der Waals surface area contributed by atoms with Gasteiger partial charge in [-0.3, -0.25) is 4.68 Å². The maximum absolute atomic E-state index is 12.0. The molecule has 1 aromatic heterocycles. The van der Waals surface area contributed by atoms with Crippen LogP contribution in [0.4, 0.5) is 8.78 Å². The van der Waals surface area contributed by atoms with Gasteiger partial charge in [0.1, 0.15) is 11.4 Å². The fraction of sp³-hybridized carbons (Fsp3) is 0.400. The quantitative estimate of drug-likeness (QED) is 0.821. The third kappa shape index (κ3) is 4.51. The predicted molar refractivity (Wildman–Crippen MR) is 77.6 cm³/mol. The van der Waals surface area contributed by atoms with Crippen LogP contribution in [0, 0.1) is 0 Å². The van der Waals surface area contributed by atoms with Gasteiger partial charge in [-0.2, -0.15) is 13.9 Å². The number of ether oxygens (including phenoxy) is 1. The van der Waals surface area contributed by atoms with E-state index in [2.05, 4.69) is 15.2 Å². The van der Waals surface area contributed by atoms with Gasteiger partial charge in [-0.05, 0) is 24.6 Å². The SMILES string of the molecule is Cn1cc(C(C)(O)CNCc2ccc(OC(F)F)cc2)cn1. The van der Waals surface area contributed by atoms with Crippen LogP contribution in [0.3, 0.4) is 0 Å². The van der Waals surface area contributed by atoms with E-state index in [1.165, 1.54) is 12.1 Å². The number of aryl methyl sites for hydroxylation is 1. The van der Waals surface area contributed by atoms with Gasteiger partial charge in [0.2, 0.25) is 0 Å². The van der Waals surface area contributed by atoms with Gasteiger partial charge in [0.05, 0.1) is 6.20 Å². The highest BCUT2D eigenvalue weighted by atomic mass is 19.3. The Balaban J connectivity index is 1.85. The largest absolute Gasteiger partial charge is 0.435 e. The number of aliphatic hydroxyl groups is 1. The summed E-state index contributed by atoms with van der Waals surface area (Å²) < 4.78 is 30.0. The smallest absolute Gasteiger partial charge is 0.387 e. The van der Waals surface area contributed by atoms with Gasteiger partial charge < -0.3 is 15.2 Å². The number of alkyl halides is 2. The lowest BCUT2D eigenvalue weighted by Crippen LogP contribution is -2.34. The lowest BCUT2D eigenvalue weighted by Gasteiger charge is -2.22. The molecule has 7 heteroatoms. The molecule has 0 aliphatic heterocycles. The highest BCUT2D eigenvalue weighted by molar-refractivity contribution is 5.27. The van der Waals surface area contributed by atoms with Crippen molar-refractivity contribution < 1.29 is 18.6 Å². The molecule has 0 spiro atoms. The zero-order chi connectivity index (χ0) is 16.2. The second-order valence-electron chi connectivity index (χ2n) is 5.30. The molecule has 120 valence electrons. The molecule has 0 amide bonds. The topological polar surface area (TPSA) is 59.3 Å². The van der Waals surface area contributed by atoms with Crippen LogP contribution in [0.1, 0.15) is 18.1 Å². The summed E-state index contributed by atoms with van der Waals surface area (Å²) in [4.78, 5) is 0. The monoisotopic (exact) mass is 311 g/mol. The third-order valence-electron chi connectivity index (χ3n) is 3.27. The molecule has 0 bridgehead atoms. The predicted octanol–water partition coefficient (Wildman–Crippen LogP) is 2.02. The molecule has 0 saturated carbocycles. The third-order valence-corrected chi connectivity index (χ3v) is 3.27. The van der Waals surface area contributed by atoms with Crippen LogP contribution >= 0.6 is 0 Å². The second-order valence-corrected chi connectivity index (χ2v) is 5.30. The molecule has 1 aromatic carbocycles. The number of benzene rings is 1. The lowest BCUT2D eigenvalue weighted by atomic mass is 9.99. The minimum Gasteiger partial charge on any atom is -0.435 e. The first kappa shape index (κ1) is 16.4. The number of aromatic nitrogens is 2. The van der Waals surface area contributed by atoms with E-state index >= 15 is 0 Å². The molecule has 1 atom stereocenters. The summed E-state index contributed by atoms with van der Waals surface area (Å²) in [6.45, 7) is -0.269. The van der Waals surface area contributed by atoms with Gasteiger partial charge in [-0.15, -0.1) is 0 Å². The van der Waals surface area contributed by atoms with E-state index in [0.717, 1.165) is 11.1 Å². The van der Waals surface area contributed by atoms with Crippen LogP contribution in [-0.4, -0.2) is 28.0 Å². The summed E-state index contributed by atoms with van der Waals surface area (Å²) >= 11 is 0. The molecular weight excluding hydrogens is 292 g/mol. The zero-order valence-corrected chi connectivity index (χ0v) is 12.5. The Morgan fingerprint density at radius 2 is 2.05 bits per heavy atom. The van der Waals surface area contributed by atoms with Crippen molar-refractivity contribution in [1.29, 1.82) is 0 Å². The van der Waals surface area contributed by atoms with Crippen LogP contribution in [0.15, 0.2) is 36.7 Å². The van der Waals surface area contributed by atoms with Crippen LogP contribution in [0.2, 0.25) is 0 Å². The first-order chi connectivity index (χ1) is 10.4. The number of nitrogens with one attached hydrogen (secondary N) is 1. The number of nitrogens with zero attached hydrogens (tertiary/aromatic N) is 2. The summed E-state index contributed by atoms with van der Waals surface area (Å²) in [7, 11) is 1.79. The number of hydrogen-bond donors (Lipinski definition) is 2. The zero-order valence-electron chi connectivity index (χ0n) is 12.5. The first-order valence-corrected chi connectivity index (χ1v) is 6.83. The molecule has 0 saturated heterocycles. The Kier molecular flexibility index (Phi) is 5.10. The van der Waals surface area contributed by atoms with Gasteiger partial charge >= 0.3 is 6.61 Å². The summed E-state index contributed by atoms with van der Waals surface area (Å²) in [5, 5.41) is 17.6. The first-order valence-electron chi connectivity index (χ1n) is 6.83. The van der Waals surface area contributed by atoms with E-state index in [4.69, 9.17) is 0 Å². The molecule has 5 nitrogen and oxygen atoms in total. The Labute approximate surface area is 127 Å². The molecule has 0 fully saturated rings. The van der Waals surface area contributed by atoms with Gasteiger partial charge in [0.25, 0.3) is 0 Å². The van der Waals surface area contributed by atoms with E-state index in [1.54, 1.807) is 43.2 Å². The highest BCUT2D eigenvalue weighted by Gasteiger charge is 2.24. The van der Waals surface area contributed by atoms with Crippen molar-refractivity contribution in [3.63, 3.8) is 0 Å². The standard InChI is InChI=1S/C15H19F2N3O2/c1-15(21,12-8-19-20(2)9-12)10-18-7-11-3-5-13(6-4-11)22-14(16)17/h3-6,8-9,14,18,21H,7,10H2,1-2H3. The second kappa shape index (κ2) is 6.85. The van der Waals surface area contributed by atoms with Gasteiger partial charge in [0.15, 0.2) is 0 Å². The van der Waals surface area contributed by atoms with Crippen molar-refractivity contribution in [2.24, 2.45) is 7.05 Å². The van der Waals surface area contributed by atoms with E-state index < -0.39 is 12.2 Å². The minimum absolute atomic E-state index is 0.126. The normalized spacial score (nSPS) is 14.1. The van der Waals surface area contributed by atoms with Gasteiger partial charge in [-0.25, -0.2) is 0 Å². The minimum atomic E-state index is -2.82. The van der Waals surface area contributed by atoms with Gasteiger partial charge in [0, 0.05) is 31.9 Å². The average molecular weight is 311 g/mol. The van der Waals surface area contributed by atoms with Crippen molar-refractivity contribution in [3.05, 3.63) is 47.8 Å². The van der Waals surface area contributed by atoms with Gasteiger partial charge in [-0.1, -0.05) is 12.1 Å². The summed E-state index contributed by atoms with van der Waals surface area (Å²) in [5.41, 5.74) is 0.597. The number of hydrogen-bond acceptors (Lipinski definition) is 4. The highest BCUT2D eigenvalue weighted by Crippen LogP contribution is 2.19. The molecule has 1 unspecified atom stereocenters. The Bertz CT molecular complexity index is 597. The van der Waals surface area contributed by atoms with Crippen molar-refractivity contribution in [1.82, 2.24) is 15.1 Å². The van der Waals surface area contributed by atoms with E-state index in [-0.39, 0.29) is 5.75 Å². The molecule has 2 N–H and O–H groups in total. The summed E-state index contributed by atoms with van der Waals surface area (Å²) in [5.74, 6) is 0.126. The van der Waals surface area contributed by atoms with Crippen molar-refractivity contribution >= 4 is 0 Å². The average Bonchev–Trinajstić information content (AvgIpc) is 2.87. The molecular formula is C15H19F2N3O2. The van der Waals surface area contributed by atoms with E-state index in [1.807, 2.05) is 0 Å². The van der Waals surface area contributed by atoms with Crippen LogP contribution in [0.25, 0.3) is 0 Å². The lowest BCUT2D eigenvalue weighted by molar-refractivity contribution is -0.0498. The maximum Gasteiger partial charge on any atom is 0.387 e.